The molecule has 1 aromatic carbocycles. The van der Waals surface area contributed by atoms with Crippen LogP contribution < -0.4 is 0 Å². The molecule has 2 aromatic rings. The van der Waals surface area contributed by atoms with Crippen molar-refractivity contribution >= 4 is 17.2 Å². The third kappa shape index (κ3) is 2.59. The molecule has 2 rings (SSSR count). The fourth-order valence-corrected chi connectivity index (χ4v) is 1.67. The Kier molecular flexibility index (Phi) is 3.19. The zero-order chi connectivity index (χ0) is 15.1. The van der Waals surface area contributed by atoms with Gasteiger partial charge in [0.2, 0.25) is 0 Å². The van der Waals surface area contributed by atoms with Crippen molar-refractivity contribution in [2.45, 2.75) is 12.4 Å². The lowest BCUT2D eigenvalue weighted by Gasteiger charge is -2.11. The van der Waals surface area contributed by atoms with Crippen LogP contribution >= 0.6 is 0 Å². The van der Waals surface area contributed by atoms with Gasteiger partial charge in [-0.2, -0.15) is 26.3 Å². The Labute approximate surface area is 108 Å². The molecule has 0 unspecified atom stereocenters. The molecular formula is C12H5F6NO. The molecule has 1 heterocycles. The number of hydrogen-bond donors (Lipinski definition) is 0. The zero-order valence-electron chi connectivity index (χ0n) is 9.51. The van der Waals surface area contributed by atoms with Crippen LogP contribution in [-0.2, 0) is 12.4 Å². The molecule has 1 aromatic heterocycles. The summed E-state index contributed by atoms with van der Waals surface area (Å²) in [5.74, 6) is 0. The van der Waals surface area contributed by atoms with Gasteiger partial charge < -0.3 is 0 Å². The van der Waals surface area contributed by atoms with Crippen LogP contribution in [0, 0.1) is 0 Å². The van der Waals surface area contributed by atoms with Gasteiger partial charge in [0.25, 0.3) is 0 Å². The molecule has 0 saturated heterocycles. The van der Waals surface area contributed by atoms with Crippen molar-refractivity contribution in [3.05, 3.63) is 41.1 Å². The zero-order valence-corrected chi connectivity index (χ0v) is 9.51. The highest BCUT2D eigenvalue weighted by atomic mass is 19.4. The number of fused-ring (bicyclic) bond motifs is 1. The largest absolute Gasteiger partial charge is 0.433 e. The predicted octanol–water partition coefficient (Wildman–Crippen LogP) is 4.08. The molecule has 0 aliphatic carbocycles. The average Bonchev–Trinajstić information content (AvgIpc) is 2.34. The lowest BCUT2D eigenvalue weighted by atomic mass is 10.1. The molecular weight excluding hydrogens is 288 g/mol. The van der Waals surface area contributed by atoms with Gasteiger partial charge in [0.1, 0.15) is 5.69 Å². The van der Waals surface area contributed by atoms with E-state index in [9.17, 15) is 31.1 Å². The highest BCUT2D eigenvalue weighted by Crippen LogP contribution is 2.34. The normalized spacial score (nSPS) is 12.7. The Morgan fingerprint density at radius 2 is 1.60 bits per heavy atom. The van der Waals surface area contributed by atoms with E-state index in [-0.39, 0.29) is 17.2 Å². The number of halogens is 6. The molecule has 8 heteroatoms. The minimum Gasteiger partial charge on any atom is -0.298 e. The second-order valence-electron chi connectivity index (χ2n) is 3.94. The molecule has 0 radical (unpaired) electrons. The Morgan fingerprint density at radius 3 is 2.10 bits per heavy atom. The minimum absolute atomic E-state index is 0.0689. The SMILES string of the molecule is O=Cc1cc(C(F)(F)F)nc2ccc(C(F)(F)F)cc12. The van der Waals surface area contributed by atoms with Crippen molar-refractivity contribution in [2.75, 3.05) is 0 Å². The van der Waals surface area contributed by atoms with E-state index in [1.54, 1.807) is 0 Å². The second kappa shape index (κ2) is 4.46. The van der Waals surface area contributed by atoms with E-state index in [0.717, 1.165) is 6.07 Å². The highest BCUT2D eigenvalue weighted by Gasteiger charge is 2.34. The number of benzene rings is 1. The number of carbonyl (C=O) groups is 1. The fraction of sp³-hybridized carbons (Fsp3) is 0.167. The van der Waals surface area contributed by atoms with Crippen LogP contribution in [0.5, 0.6) is 0 Å². The van der Waals surface area contributed by atoms with Crippen LogP contribution in [0.3, 0.4) is 0 Å². The maximum absolute atomic E-state index is 12.5. The van der Waals surface area contributed by atoms with Crippen LogP contribution in [0.1, 0.15) is 21.6 Å². The van der Waals surface area contributed by atoms with Gasteiger partial charge in [0.05, 0.1) is 11.1 Å². The summed E-state index contributed by atoms with van der Waals surface area (Å²) < 4.78 is 75.2. The minimum atomic E-state index is -4.78. The topological polar surface area (TPSA) is 30.0 Å². The number of carbonyl (C=O) groups excluding carboxylic acids is 1. The van der Waals surface area contributed by atoms with Crippen LogP contribution in [-0.4, -0.2) is 11.3 Å². The van der Waals surface area contributed by atoms with Gasteiger partial charge in [-0.3, -0.25) is 4.79 Å². The summed E-state index contributed by atoms with van der Waals surface area (Å²) in [6, 6.07) is 2.45. The van der Waals surface area contributed by atoms with E-state index in [0.29, 0.717) is 18.2 Å². The molecule has 0 spiro atoms. The first-order chi connectivity index (χ1) is 9.13. The van der Waals surface area contributed by atoms with Gasteiger partial charge in [-0.05, 0) is 24.3 Å². The summed E-state index contributed by atoms with van der Waals surface area (Å²) in [5, 5.41) is -0.275. The van der Waals surface area contributed by atoms with E-state index in [2.05, 4.69) is 4.98 Å². The molecule has 0 aliphatic rings. The maximum Gasteiger partial charge on any atom is 0.433 e. The third-order valence-corrected chi connectivity index (χ3v) is 2.59. The molecule has 106 valence electrons. The van der Waals surface area contributed by atoms with Gasteiger partial charge in [-0.1, -0.05) is 0 Å². The molecule has 0 bridgehead atoms. The van der Waals surface area contributed by atoms with Gasteiger partial charge in [-0.15, -0.1) is 0 Å². The Morgan fingerprint density at radius 1 is 0.950 bits per heavy atom. The van der Waals surface area contributed by atoms with Gasteiger partial charge in [-0.25, -0.2) is 4.98 Å². The van der Waals surface area contributed by atoms with E-state index in [4.69, 9.17) is 0 Å². The Hall–Kier alpha value is -2.12. The van der Waals surface area contributed by atoms with Gasteiger partial charge in [0, 0.05) is 10.9 Å². The molecule has 0 amide bonds. The molecule has 0 saturated carbocycles. The number of aldehydes is 1. The number of rotatable bonds is 1. The fourth-order valence-electron chi connectivity index (χ4n) is 1.67. The van der Waals surface area contributed by atoms with Crippen molar-refractivity contribution in [2.24, 2.45) is 0 Å². The van der Waals surface area contributed by atoms with E-state index in [1.165, 1.54) is 0 Å². The van der Waals surface area contributed by atoms with Crippen molar-refractivity contribution in [1.29, 1.82) is 0 Å². The van der Waals surface area contributed by atoms with Gasteiger partial charge in [0.15, 0.2) is 6.29 Å². The Bertz CT molecular complexity index is 674. The van der Waals surface area contributed by atoms with E-state index in [1.807, 2.05) is 0 Å². The Balaban J connectivity index is 2.75. The summed E-state index contributed by atoms with van der Waals surface area (Å²) in [6.07, 6.45) is -9.37. The monoisotopic (exact) mass is 293 g/mol. The smallest absolute Gasteiger partial charge is 0.298 e. The quantitative estimate of drug-likeness (QED) is 0.585. The predicted molar refractivity (Wildman–Crippen MR) is 57.1 cm³/mol. The van der Waals surface area contributed by atoms with Crippen LogP contribution in [0.2, 0.25) is 0 Å². The van der Waals surface area contributed by atoms with E-state index >= 15 is 0 Å². The van der Waals surface area contributed by atoms with Crippen molar-refractivity contribution in [3.63, 3.8) is 0 Å². The van der Waals surface area contributed by atoms with Crippen molar-refractivity contribution in [1.82, 2.24) is 4.98 Å². The molecule has 0 fully saturated rings. The van der Waals surface area contributed by atoms with Crippen molar-refractivity contribution in [3.8, 4) is 0 Å². The lowest BCUT2D eigenvalue weighted by Crippen LogP contribution is -2.10. The lowest BCUT2D eigenvalue weighted by molar-refractivity contribution is -0.141. The summed E-state index contributed by atoms with van der Waals surface area (Å²) in [4.78, 5) is 14.0. The second-order valence-corrected chi connectivity index (χ2v) is 3.94. The first-order valence-electron chi connectivity index (χ1n) is 5.17. The number of pyridine rings is 1. The standard InChI is InChI=1S/C12H5F6NO/c13-11(14,15)7-1-2-9-8(4-7)6(5-20)3-10(19-9)12(16,17)18/h1-5H. The number of aromatic nitrogens is 1. The summed E-state index contributed by atoms with van der Waals surface area (Å²) in [6.45, 7) is 0. The van der Waals surface area contributed by atoms with Crippen LogP contribution in [0.15, 0.2) is 24.3 Å². The maximum atomic E-state index is 12.5. The van der Waals surface area contributed by atoms with E-state index < -0.39 is 29.2 Å². The molecule has 20 heavy (non-hydrogen) atoms. The molecule has 2 nitrogen and oxygen atoms in total. The number of nitrogens with zero attached hydrogens (tertiary/aromatic N) is 1. The summed E-state index contributed by atoms with van der Waals surface area (Å²) in [5.41, 5.74) is -3.20. The average molecular weight is 293 g/mol. The highest BCUT2D eigenvalue weighted by molar-refractivity contribution is 5.96. The molecule has 0 N–H and O–H groups in total. The van der Waals surface area contributed by atoms with Crippen LogP contribution in [0.4, 0.5) is 26.3 Å². The summed E-state index contributed by atoms with van der Waals surface area (Å²) in [7, 11) is 0. The van der Waals surface area contributed by atoms with Crippen LogP contribution in [0.25, 0.3) is 10.9 Å². The first kappa shape index (κ1) is 14.3. The molecule has 0 aliphatic heterocycles. The third-order valence-electron chi connectivity index (χ3n) is 2.59. The first-order valence-corrected chi connectivity index (χ1v) is 5.17. The number of alkyl halides is 6. The molecule has 0 atom stereocenters. The summed E-state index contributed by atoms with van der Waals surface area (Å²) >= 11 is 0. The van der Waals surface area contributed by atoms with Crippen molar-refractivity contribution < 1.29 is 31.1 Å². The van der Waals surface area contributed by atoms with Gasteiger partial charge >= 0.3 is 12.4 Å². The number of hydrogen-bond acceptors (Lipinski definition) is 2.